The van der Waals surface area contributed by atoms with E-state index in [0.29, 0.717) is 11.8 Å². The molecule has 0 radical (unpaired) electrons. The van der Waals surface area contributed by atoms with Crippen molar-refractivity contribution in [2.24, 2.45) is 5.92 Å². The number of allylic oxidation sites excluding steroid dienone is 2. The second-order valence-electron chi connectivity index (χ2n) is 5.67. The third-order valence-electron chi connectivity index (χ3n) is 4.13. The van der Waals surface area contributed by atoms with E-state index in [4.69, 9.17) is 0 Å². The van der Waals surface area contributed by atoms with Crippen molar-refractivity contribution in [2.45, 2.75) is 51.5 Å². The molecule has 2 atom stereocenters. The molecule has 0 unspecified atom stereocenters. The molecule has 1 saturated heterocycles. The van der Waals surface area contributed by atoms with Gasteiger partial charge in [-0.15, -0.1) is 0 Å². The van der Waals surface area contributed by atoms with Gasteiger partial charge in [0.15, 0.2) is 0 Å². The number of nitrogens with zero attached hydrogens (tertiary/aromatic N) is 1. The van der Waals surface area contributed by atoms with Crippen molar-refractivity contribution in [3.8, 4) is 0 Å². The lowest BCUT2D eigenvalue weighted by molar-refractivity contribution is -0.133. The number of nitrogens with one attached hydrogen (secondary N) is 1. The molecule has 3 nitrogen and oxygen atoms in total. The molecule has 102 valence electrons. The molecule has 2 rings (SSSR count). The van der Waals surface area contributed by atoms with Crippen molar-refractivity contribution in [3.63, 3.8) is 0 Å². The molecule has 0 aromatic carbocycles. The Morgan fingerprint density at radius 2 is 2.11 bits per heavy atom. The number of carbonyl (C=O) groups excluding carboxylic acids is 1. The smallest absolute Gasteiger partial charge is 0.239 e. The van der Waals surface area contributed by atoms with Gasteiger partial charge in [-0.1, -0.05) is 12.2 Å². The van der Waals surface area contributed by atoms with Gasteiger partial charge in [-0.3, -0.25) is 4.79 Å². The standard InChI is InChI=1S/C15H26N2O/c1-13(15(18)17-10-6-3-7-11-17)16-12-14-8-4-2-5-9-14/h2,4,13-14,16H,3,5-12H2,1H3/t13-,14-/m0/s1. The van der Waals surface area contributed by atoms with Crippen molar-refractivity contribution in [1.82, 2.24) is 10.2 Å². The second kappa shape index (κ2) is 6.93. The van der Waals surface area contributed by atoms with Gasteiger partial charge < -0.3 is 10.2 Å². The Morgan fingerprint density at radius 3 is 2.78 bits per heavy atom. The molecule has 0 aromatic heterocycles. The fourth-order valence-electron chi connectivity index (χ4n) is 2.86. The summed E-state index contributed by atoms with van der Waals surface area (Å²) in [6.45, 7) is 4.90. The van der Waals surface area contributed by atoms with E-state index in [9.17, 15) is 4.79 Å². The van der Waals surface area contributed by atoms with Crippen LogP contribution in [0.2, 0.25) is 0 Å². The van der Waals surface area contributed by atoms with Gasteiger partial charge in [0.2, 0.25) is 5.91 Å². The predicted molar refractivity (Wildman–Crippen MR) is 74.4 cm³/mol. The number of carbonyl (C=O) groups is 1. The van der Waals surface area contributed by atoms with Gasteiger partial charge in [0.25, 0.3) is 0 Å². The van der Waals surface area contributed by atoms with E-state index < -0.39 is 0 Å². The average molecular weight is 250 g/mol. The summed E-state index contributed by atoms with van der Waals surface area (Å²) in [5.74, 6) is 1.01. The zero-order chi connectivity index (χ0) is 12.8. The number of likely N-dealkylation sites (tertiary alicyclic amines) is 1. The molecule has 18 heavy (non-hydrogen) atoms. The third kappa shape index (κ3) is 3.84. The maximum atomic E-state index is 12.2. The van der Waals surface area contributed by atoms with Crippen LogP contribution in [-0.2, 0) is 4.79 Å². The molecule has 1 aliphatic carbocycles. The monoisotopic (exact) mass is 250 g/mol. The maximum Gasteiger partial charge on any atom is 0.239 e. The number of rotatable bonds is 4. The number of amides is 1. The summed E-state index contributed by atoms with van der Waals surface area (Å²) in [6.07, 6.45) is 11.8. The zero-order valence-electron chi connectivity index (χ0n) is 11.5. The highest BCUT2D eigenvalue weighted by Crippen LogP contribution is 2.17. The van der Waals surface area contributed by atoms with Crippen molar-refractivity contribution < 1.29 is 4.79 Å². The van der Waals surface area contributed by atoms with Crippen molar-refractivity contribution >= 4 is 5.91 Å². The Hall–Kier alpha value is -0.830. The highest BCUT2D eigenvalue weighted by atomic mass is 16.2. The van der Waals surface area contributed by atoms with Crippen molar-refractivity contribution in [3.05, 3.63) is 12.2 Å². The first-order chi connectivity index (χ1) is 8.77. The van der Waals surface area contributed by atoms with E-state index in [-0.39, 0.29) is 6.04 Å². The van der Waals surface area contributed by atoms with E-state index in [1.54, 1.807) is 0 Å². The maximum absolute atomic E-state index is 12.2. The van der Waals surface area contributed by atoms with Gasteiger partial charge in [-0.05, 0) is 57.9 Å². The van der Waals surface area contributed by atoms with Crippen LogP contribution >= 0.6 is 0 Å². The van der Waals surface area contributed by atoms with E-state index >= 15 is 0 Å². The zero-order valence-corrected chi connectivity index (χ0v) is 11.5. The lowest BCUT2D eigenvalue weighted by atomic mass is 9.94. The van der Waals surface area contributed by atoms with Crippen LogP contribution in [0, 0.1) is 5.92 Å². The molecule has 1 heterocycles. The van der Waals surface area contributed by atoms with E-state index in [1.165, 1.54) is 32.1 Å². The molecular weight excluding hydrogens is 224 g/mol. The first-order valence-corrected chi connectivity index (χ1v) is 7.44. The summed E-state index contributed by atoms with van der Waals surface area (Å²) in [7, 11) is 0. The quantitative estimate of drug-likeness (QED) is 0.777. The van der Waals surface area contributed by atoms with Crippen LogP contribution in [0.25, 0.3) is 0 Å². The number of piperidine rings is 1. The fraction of sp³-hybridized carbons (Fsp3) is 0.800. The molecule has 1 amide bonds. The molecule has 0 spiro atoms. The average Bonchev–Trinajstić information content (AvgIpc) is 2.46. The van der Waals surface area contributed by atoms with Crippen LogP contribution in [0.1, 0.15) is 45.4 Å². The summed E-state index contributed by atoms with van der Waals surface area (Å²) in [5, 5.41) is 3.42. The SMILES string of the molecule is C[C@H](NC[C@H]1CC=CCC1)C(=O)N1CCCCC1. The molecule has 1 N–H and O–H groups in total. The topological polar surface area (TPSA) is 32.3 Å². The van der Waals surface area contributed by atoms with Crippen LogP contribution in [-0.4, -0.2) is 36.5 Å². The number of hydrogen-bond acceptors (Lipinski definition) is 2. The van der Waals surface area contributed by atoms with Crippen LogP contribution in [0.4, 0.5) is 0 Å². The Kier molecular flexibility index (Phi) is 5.24. The molecule has 0 aromatic rings. The molecule has 0 saturated carbocycles. The van der Waals surface area contributed by atoms with Crippen molar-refractivity contribution in [2.75, 3.05) is 19.6 Å². The van der Waals surface area contributed by atoms with Gasteiger partial charge >= 0.3 is 0 Å². The van der Waals surface area contributed by atoms with Gasteiger partial charge in [0.1, 0.15) is 0 Å². The Balaban J connectivity index is 1.71. The molecular formula is C15H26N2O. The lowest BCUT2D eigenvalue weighted by Gasteiger charge is -2.30. The summed E-state index contributed by atoms with van der Waals surface area (Å²) >= 11 is 0. The summed E-state index contributed by atoms with van der Waals surface area (Å²) in [5.41, 5.74) is 0. The highest BCUT2D eigenvalue weighted by Gasteiger charge is 2.22. The first-order valence-electron chi connectivity index (χ1n) is 7.44. The van der Waals surface area contributed by atoms with E-state index in [1.807, 2.05) is 11.8 Å². The van der Waals surface area contributed by atoms with Gasteiger partial charge in [-0.25, -0.2) is 0 Å². The summed E-state index contributed by atoms with van der Waals surface area (Å²) in [4.78, 5) is 14.2. The van der Waals surface area contributed by atoms with Crippen molar-refractivity contribution in [1.29, 1.82) is 0 Å². The first kappa shape index (κ1) is 13.6. The van der Waals surface area contributed by atoms with Gasteiger partial charge in [0, 0.05) is 13.1 Å². The molecule has 2 aliphatic rings. The molecule has 3 heteroatoms. The molecule has 0 bridgehead atoms. The number of hydrogen-bond donors (Lipinski definition) is 1. The van der Waals surface area contributed by atoms with E-state index in [2.05, 4.69) is 17.5 Å². The van der Waals surface area contributed by atoms with Crippen LogP contribution in [0.5, 0.6) is 0 Å². The van der Waals surface area contributed by atoms with Gasteiger partial charge in [-0.2, -0.15) is 0 Å². The molecule has 1 aliphatic heterocycles. The Bertz CT molecular complexity index is 295. The minimum atomic E-state index is -0.0194. The third-order valence-corrected chi connectivity index (χ3v) is 4.13. The Morgan fingerprint density at radius 1 is 1.33 bits per heavy atom. The normalized spacial score (nSPS) is 26.1. The largest absolute Gasteiger partial charge is 0.341 e. The molecule has 1 fully saturated rings. The lowest BCUT2D eigenvalue weighted by Crippen LogP contribution is -2.47. The van der Waals surface area contributed by atoms with E-state index in [0.717, 1.165) is 26.1 Å². The van der Waals surface area contributed by atoms with Crippen LogP contribution < -0.4 is 5.32 Å². The Labute approximate surface area is 111 Å². The minimum absolute atomic E-state index is 0.0194. The highest BCUT2D eigenvalue weighted by molar-refractivity contribution is 5.81. The van der Waals surface area contributed by atoms with Gasteiger partial charge in [0.05, 0.1) is 6.04 Å². The fourth-order valence-corrected chi connectivity index (χ4v) is 2.86. The van der Waals surface area contributed by atoms with Crippen LogP contribution in [0.15, 0.2) is 12.2 Å². The summed E-state index contributed by atoms with van der Waals surface area (Å²) < 4.78 is 0. The summed E-state index contributed by atoms with van der Waals surface area (Å²) in [6, 6.07) is -0.0194. The second-order valence-corrected chi connectivity index (χ2v) is 5.67. The predicted octanol–water partition coefficient (Wildman–Crippen LogP) is 2.33. The van der Waals surface area contributed by atoms with Crippen LogP contribution in [0.3, 0.4) is 0 Å². The minimum Gasteiger partial charge on any atom is -0.341 e.